The van der Waals surface area contributed by atoms with Crippen LogP contribution in [0.4, 0.5) is 0 Å². The molecule has 1 N–H and O–H groups in total. The second kappa shape index (κ2) is 7.32. The van der Waals surface area contributed by atoms with Gasteiger partial charge in [0.05, 0.1) is 25.1 Å². The van der Waals surface area contributed by atoms with E-state index < -0.39 is 0 Å². The predicted molar refractivity (Wildman–Crippen MR) is 62.1 cm³/mol. The Morgan fingerprint density at radius 3 is 2.88 bits per heavy atom. The van der Waals surface area contributed by atoms with Crippen LogP contribution in [0.5, 0.6) is 0 Å². The fourth-order valence-corrected chi connectivity index (χ4v) is 1.18. The minimum absolute atomic E-state index is 0.735. The van der Waals surface area contributed by atoms with Crippen LogP contribution in [0.15, 0.2) is 6.20 Å². The molecule has 0 atom stereocenters. The maximum absolute atomic E-state index is 5.45. The molecule has 0 amide bonds. The topological polar surface area (TPSA) is 55.2 Å². The van der Waals surface area contributed by atoms with E-state index in [-0.39, 0.29) is 0 Å². The van der Waals surface area contributed by atoms with Gasteiger partial charge in [-0.05, 0) is 14.1 Å². The molecule has 0 bridgehead atoms. The maximum Gasteiger partial charge on any atom is 0.0738 e. The zero-order chi connectivity index (χ0) is 11.8. The molecule has 0 spiro atoms. The molecule has 0 saturated heterocycles. The average molecular weight is 227 g/mol. The van der Waals surface area contributed by atoms with Gasteiger partial charge in [-0.1, -0.05) is 5.21 Å². The third-order valence-electron chi connectivity index (χ3n) is 2.22. The minimum Gasteiger partial charge on any atom is -0.379 e. The lowest BCUT2D eigenvalue weighted by Gasteiger charge is -2.10. The lowest BCUT2D eigenvalue weighted by molar-refractivity contribution is 0.119. The van der Waals surface area contributed by atoms with E-state index in [4.69, 9.17) is 4.74 Å². The Bertz CT molecular complexity index is 286. The lowest BCUT2D eigenvalue weighted by atomic mass is 10.4. The van der Waals surface area contributed by atoms with E-state index >= 15 is 0 Å². The van der Waals surface area contributed by atoms with Gasteiger partial charge >= 0.3 is 0 Å². The molecule has 16 heavy (non-hydrogen) atoms. The van der Waals surface area contributed by atoms with Gasteiger partial charge in [-0.15, -0.1) is 5.10 Å². The van der Waals surface area contributed by atoms with Crippen molar-refractivity contribution in [2.75, 3.05) is 40.4 Å². The third kappa shape index (κ3) is 5.20. The first-order valence-corrected chi connectivity index (χ1v) is 5.47. The first-order chi connectivity index (χ1) is 7.70. The Morgan fingerprint density at radius 1 is 1.44 bits per heavy atom. The molecule has 6 nitrogen and oxygen atoms in total. The highest BCUT2D eigenvalue weighted by atomic mass is 16.5. The Labute approximate surface area is 96.6 Å². The summed E-state index contributed by atoms with van der Waals surface area (Å²) in [7, 11) is 5.96. The predicted octanol–water partition coefficient (Wildman–Crippen LogP) is -0.517. The second-order valence-electron chi connectivity index (χ2n) is 3.94. The van der Waals surface area contributed by atoms with Crippen molar-refractivity contribution in [2.24, 2.45) is 7.05 Å². The molecule has 1 rings (SSSR count). The molecule has 1 heterocycles. The molecule has 0 aliphatic heterocycles. The maximum atomic E-state index is 5.45. The van der Waals surface area contributed by atoms with Crippen LogP contribution in [0.2, 0.25) is 0 Å². The van der Waals surface area contributed by atoms with E-state index in [1.807, 2.05) is 21.1 Å². The van der Waals surface area contributed by atoms with Crippen LogP contribution in [0.25, 0.3) is 0 Å². The molecule has 0 fully saturated rings. The van der Waals surface area contributed by atoms with E-state index in [1.165, 1.54) is 0 Å². The van der Waals surface area contributed by atoms with Gasteiger partial charge in [-0.2, -0.15) is 0 Å². The van der Waals surface area contributed by atoms with E-state index in [0.717, 1.165) is 38.5 Å². The van der Waals surface area contributed by atoms with Crippen molar-refractivity contribution in [1.29, 1.82) is 0 Å². The number of hydrogen-bond acceptors (Lipinski definition) is 5. The van der Waals surface area contributed by atoms with Crippen LogP contribution in [0.3, 0.4) is 0 Å². The lowest BCUT2D eigenvalue weighted by Crippen LogP contribution is -2.23. The van der Waals surface area contributed by atoms with Crippen LogP contribution >= 0.6 is 0 Å². The van der Waals surface area contributed by atoms with Crippen molar-refractivity contribution in [3.8, 4) is 0 Å². The summed E-state index contributed by atoms with van der Waals surface area (Å²) in [5.41, 5.74) is 1.08. The average Bonchev–Trinajstić information content (AvgIpc) is 2.62. The molecular formula is C10H21N5O. The summed E-state index contributed by atoms with van der Waals surface area (Å²) in [5.74, 6) is 0. The Hall–Kier alpha value is -0.980. The number of nitrogens with one attached hydrogen (secondary N) is 1. The summed E-state index contributed by atoms with van der Waals surface area (Å²) in [6.45, 7) is 4.10. The SMILES string of the molecule is CN(C)CCOCCNCc1cnnn1C. The fraction of sp³-hybridized carbons (Fsp3) is 0.800. The van der Waals surface area contributed by atoms with Crippen LogP contribution in [0, 0.1) is 0 Å². The molecule has 6 heteroatoms. The molecule has 0 aromatic carbocycles. The van der Waals surface area contributed by atoms with Gasteiger partial charge in [0.2, 0.25) is 0 Å². The highest BCUT2D eigenvalue weighted by Gasteiger charge is 1.98. The van der Waals surface area contributed by atoms with Gasteiger partial charge in [0.25, 0.3) is 0 Å². The summed E-state index contributed by atoms with van der Waals surface area (Å²) in [6.07, 6.45) is 1.76. The van der Waals surface area contributed by atoms with Crippen LogP contribution in [-0.4, -0.2) is 60.3 Å². The smallest absolute Gasteiger partial charge is 0.0738 e. The van der Waals surface area contributed by atoms with E-state index in [0.29, 0.717) is 0 Å². The van der Waals surface area contributed by atoms with Gasteiger partial charge in [-0.3, -0.25) is 4.68 Å². The molecule has 1 aromatic rings. The number of likely N-dealkylation sites (N-methyl/N-ethyl adjacent to an activating group) is 1. The third-order valence-corrected chi connectivity index (χ3v) is 2.22. The van der Waals surface area contributed by atoms with Gasteiger partial charge in [-0.25, -0.2) is 0 Å². The van der Waals surface area contributed by atoms with Crippen molar-refractivity contribution in [3.63, 3.8) is 0 Å². The fourth-order valence-electron chi connectivity index (χ4n) is 1.18. The zero-order valence-corrected chi connectivity index (χ0v) is 10.3. The number of hydrogen-bond donors (Lipinski definition) is 1. The van der Waals surface area contributed by atoms with Gasteiger partial charge in [0, 0.05) is 26.7 Å². The van der Waals surface area contributed by atoms with Crippen molar-refractivity contribution < 1.29 is 4.74 Å². The first-order valence-electron chi connectivity index (χ1n) is 5.47. The first kappa shape index (κ1) is 13.1. The molecule has 1 aromatic heterocycles. The van der Waals surface area contributed by atoms with Gasteiger partial charge in [0.15, 0.2) is 0 Å². The number of ether oxygens (including phenoxy) is 1. The molecule has 0 saturated carbocycles. The van der Waals surface area contributed by atoms with Gasteiger partial charge < -0.3 is 15.0 Å². The summed E-state index contributed by atoms with van der Waals surface area (Å²) in [6, 6.07) is 0. The standard InChI is InChI=1S/C10H21N5O/c1-14(2)5-7-16-6-4-11-8-10-9-12-13-15(10)3/h9,11H,4-8H2,1-3H3. The zero-order valence-electron chi connectivity index (χ0n) is 10.3. The molecule has 0 aliphatic carbocycles. The Balaban J connectivity index is 1.94. The second-order valence-corrected chi connectivity index (χ2v) is 3.94. The Morgan fingerprint density at radius 2 is 2.25 bits per heavy atom. The van der Waals surface area contributed by atoms with E-state index in [1.54, 1.807) is 10.9 Å². The molecule has 0 radical (unpaired) electrons. The summed E-state index contributed by atoms with van der Waals surface area (Å²) >= 11 is 0. The van der Waals surface area contributed by atoms with Crippen LogP contribution in [-0.2, 0) is 18.3 Å². The molecule has 92 valence electrons. The van der Waals surface area contributed by atoms with E-state index in [2.05, 4.69) is 20.5 Å². The van der Waals surface area contributed by atoms with Crippen LogP contribution < -0.4 is 5.32 Å². The minimum atomic E-state index is 0.735. The van der Waals surface area contributed by atoms with Crippen LogP contribution in [0.1, 0.15) is 5.69 Å². The van der Waals surface area contributed by atoms with E-state index in [9.17, 15) is 0 Å². The summed E-state index contributed by atoms with van der Waals surface area (Å²) in [5, 5.41) is 10.9. The van der Waals surface area contributed by atoms with Crippen molar-refractivity contribution in [3.05, 3.63) is 11.9 Å². The number of aryl methyl sites for hydroxylation is 1. The van der Waals surface area contributed by atoms with Gasteiger partial charge in [0.1, 0.15) is 0 Å². The summed E-state index contributed by atoms with van der Waals surface area (Å²) < 4.78 is 7.22. The highest BCUT2D eigenvalue weighted by Crippen LogP contribution is 1.91. The quantitative estimate of drug-likeness (QED) is 0.606. The number of nitrogens with zero attached hydrogens (tertiary/aromatic N) is 4. The van der Waals surface area contributed by atoms with Crippen molar-refractivity contribution in [2.45, 2.75) is 6.54 Å². The molecule has 0 aliphatic rings. The monoisotopic (exact) mass is 227 g/mol. The number of rotatable bonds is 8. The normalized spacial score (nSPS) is 11.2. The largest absolute Gasteiger partial charge is 0.379 e. The Kier molecular flexibility index (Phi) is 5.99. The number of aromatic nitrogens is 3. The summed E-state index contributed by atoms with van der Waals surface area (Å²) in [4.78, 5) is 2.11. The molecular weight excluding hydrogens is 206 g/mol. The molecule has 0 unspecified atom stereocenters. The van der Waals surface area contributed by atoms with Crippen molar-refractivity contribution >= 4 is 0 Å². The highest BCUT2D eigenvalue weighted by molar-refractivity contribution is 4.91. The van der Waals surface area contributed by atoms with Crippen molar-refractivity contribution in [1.82, 2.24) is 25.2 Å².